The Bertz CT molecular complexity index is 149. The van der Waals surface area contributed by atoms with E-state index >= 15 is 0 Å². The summed E-state index contributed by atoms with van der Waals surface area (Å²) in [7, 11) is 0. The van der Waals surface area contributed by atoms with E-state index in [1.165, 1.54) is 25.8 Å². The molecule has 0 radical (unpaired) electrons. The molecule has 0 aromatic carbocycles. The maximum atomic E-state index is 3.52. The molecule has 78 valence electrons. The number of rotatable bonds is 6. The molecule has 1 rings (SSSR count). The molecule has 1 heteroatoms. The molecular formula is C12H25N. The van der Waals surface area contributed by atoms with Crippen molar-refractivity contribution in [1.82, 2.24) is 5.32 Å². The number of nitrogens with one attached hydrogen (secondary N) is 1. The van der Waals surface area contributed by atoms with Crippen LogP contribution in [0.4, 0.5) is 0 Å². The number of hydrogen-bond acceptors (Lipinski definition) is 1. The molecule has 1 nitrogen and oxygen atoms in total. The second-order valence-corrected chi connectivity index (χ2v) is 5.31. The first-order valence-electron chi connectivity index (χ1n) is 5.79. The first-order chi connectivity index (χ1) is 6.08. The van der Waals surface area contributed by atoms with Gasteiger partial charge in [0.1, 0.15) is 0 Å². The average Bonchev–Trinajstić information content (AvgIpc) is 2.81. The molecule has 0 heterocycles. The van der Waals surface area contributed by atoms with Crippen molar-refractivity contribution >= 4 is 0 Å². The van der Waals surface area contributed by atoms with E-state index in [9.17, 15) is 0 Å². The molecule has 0 bridgehead atoms. The predicted molar refractivity (Wildman–Crippen MR) is 58.8 cm³/mol. The minimum atomic E-state index is 0.574. The molecule has 1 saturated carbocycles. The molecule has 1 N–H and O–H groups in total. The van der Waals surface area contributed by atoms with Crippen LogP contribution in [0, 0.1) is 17.3 Å². The van der Waals surface area contributed by atoms with E-state index in [1.54, 1.807) is 0 Å². The lowest BCUT2D eigenvalue weighted by atomic mass is 9.77. The van der Waals surface area contributed by atoms with Crippen LogP contribution in [0.15, 0.2) is 0 Å². The molecule has 0 amide bonds. The third-order valence-corrected chi connectivity index (χ3v) is 3.22. The topological polar surface area (TPSA) is 12.0 Å². The Kier molecular flexibility index (Phi) is 3.78. The van der Waals surface area contributed by atoms with Gasteiger partial charge in [-0.3, -0.25) is 0 Å². The van der Waals surface area contributed by atoms with Crippen LogP contribution in [0.3, 0.4) is 0 Å². The summed E-state index contributed by atoms with van der Waals surface area (Å²) < 4.78 is 0. The fourth-order valence-electron chi connectivity index (χ4n) is 2.51. The highest BCUT2D eigenvalue weighted by atomic mass is 14.9. The lowest BCUT2D eigenvalue weighted by Crippen LogP contribution is -2.34. The summed E-state index contributed by atoms with van der Waals surface area (Å²) in [5.41, 5.74) is 0.574. The van der Waals surface area contributed by atoms with E-state index < -0.39 is 0 Å². The fraction of sp³-hybridized carbons (Fsp3) is 1.00. The van der Waals surface area contributed by atoms with Crippen molar-refractivity contribution in [1.29, 1.82) is 0 Å². The van der Waals surface area contributed by atoms with Gasteiger partial charge in [-0.2, -0.15) is 0 Å². The average molecular weight is 183 g/mol. The molecular weight excluding hydrogens is 158 g/mol. The zero-order chi connectivity index (χ0) is 9.90. The van der Waals surface area contributed by atoms with Crippen molar-refractivity contribution in [2.24, 2.45) is 17.3 Å². The highest BCUT2D eigenvalue weighted by molar-refractivity contribution is 4.92. The monoisotopic (exact) mass is 183 g/mol. The van der Waals surface area contributed by atoms with Crippen LogP contribution >= 0.6 is 0 Å². The third-order valence-electron chi connectivity index (χ3n) is 3.22. The normalized spacial score (nSPS) is 21.9. The van der Waals surface area contributed by atoms with Gasteiger partial charge in [0.25, 0.3) is 0 Å². The van der Waals surface area contributed by atoms with Crippen molar-refractivity contribution in [3.05, 3.63) is 0 Å². The van der Waals surface area contributed by atoms with Crippen molar-refractivity contribution in [2.75, 3.05) is 13.1 Å². The van der Waals surface area contributed by atoms with E-state index in [-0.39, 0.29) is 0 Å². The molecule has 1 aliphatic carbocycles. The summed E-state index contributed by atoms with van der Waals surface area (Å²) >= 11 is 0. The lowest BCUT2D eigenvalue weighted by Gasteiger charge is -2.31. The summed E-state index contributed by atoms with van der Waals surface area (Å²) in [6.07, 6.45) is 4.31. The van der Waals surface area contributed by atoms with Crippen LogP contribution in [0.1, 0.15) is 47.0 Å². The summed E-state index contributed by atoms with van der Waals surface area (Å²) in [5.74, 6) is 1.85. The molecule has 0 spiro atoms. The van der Waals surface area contributed by atoms with Crippen LogP contribution in [-0.4, -0.2) is 13.1 Å². The maximum Gasteiger partial charge on any atom is 0.000780 e. The van der Waals surface area contributed by atoms with Crippen LogP contribution in [0.2, 0.25) is 0 Å². The van der Waals surface area contributed by atoms with Gasteiger partial charge in [-0.15, -0.1) is 0 Å². The second-order valence-electron chi connectivity index (χ2n) is 5.31. The zero-order valence-corrected chi connectivity index (χ0v) is 9.69. The van der Waals surface area contributed by atoms with E-state index in [4.69, 9.17) is 0 Å². The number of hydrogen-bond donors (Lipinski definition) is 1. The highest BCUT2D eigenvalue weighted by Crippen LogP contribution is 2.48. The van der Waals surface area contributed by atoms with Crippen molar-refractivity contribution < 1.29 is 0 Å². The van der Waals surface area contributed by atoms with Gasteiger partial charge in [-0.1, -0.05) is 27.7 Å². The molecule has 0 saturated heterocycles. The van der Waals surface area contributed by atoms with Gasteiger partial charge in [0, 0.05) is 6.54 Å². The maximum absolute atomic E-state index is 3.52. The van der Waals surface area contributed by atoms with Gasteiger partial charge in [0.15, 0.2) is 0 Å². The van der Waals surface area contributed by atoms with Gasteiger partial charge in [-0.05, 0) is 43.1 Å². The Morgan fingerprint density at radius 2 is 2.00 bits per heavy atom. The van der Waals surface area contributed by atoms with Gasteiger partial charge in [0.05, 0.1) is 0 Å². The Hall–Kier alpha value is -0.0400. The molecule has 1 atom stereocenters. The first kappa shape index (κ1) is 11.0. The van der Waals surface area contributed by atoms with Crippen LogP contribution in [-0.2, 0) is 0 Å². The van der Waals surface area contributed by atoms with Gasteiger partial charge in [0.2, 0.25) is 0 Å². The smallest absolute Gasteiger partial charge is 0.000780 e. The Morgan fingerprint density at radius 1 is 1.38 bits per heavy atom. The van der Waals surface area contributed by atoms with Crippen molar-refractivity contribution in [2.45, 2.75) is 47.0 Å². The molecule has 1 aliphatic rings. The molecule has 0 aliphatic heterocycles. The standard InChI is InChI=1S/C12H25N/c1-5-13-9-12(4,8-10(2)3)11-6-7-11/h10-11,13H,5-9H2,1-4H3. The Morgan fingerprint density at radius 3 is 2.38 bits per heavy atom. The summed E-state index contributed by atoms with van der Waals surface area (Å²) in [5, 5.41) is 3.52. The molecule has 0 aromatic rings. The van der Waals surface area contributed by atoms with Gasteiger partial charge < -0.3 is 5.32 Å². The minimum absolute atomic E-state index is 0.574. The quantitative estimate of drug-likeness (QED) is 0.667. The van der Waals surface area contributed by atoms with E-state index in [0.29, 0.717) is 5.41 Å². The zero-order valence-electron chi connectivity index (χ0n) is 9.69. The first-order valence-corrected chi connectivity index (χ1v) is 5.79. The van der Waals surface area contributed by atoms with E-state index in [2.05, 4.69) is 33.0 Å². The van der Waals surface area contributed by atoms with E-state index in [0.717, 1.165) is 18.4 Å². The Balaban J connectivity index is 2.41. The van der Waals surface area contributed by atoms with Crippen molar-refractivity contribution in [3.8, 4) is 0 Å². The second kappa shape index (κ2) is 4.45. The molecule has 13 heavy (non-hydrogen) atoms. The predicted octanol–water partition coefficient (Wildman–Crippen LogP) is 3.06. The molecule has 1 fully saturated rings. The van der Waals surface area contributed by atoms with E-state index in [1.807, 2.05) is 0 Å². The SMILES string of the molecule is CCNCC(C)(CC(C)C)C1CC1. The summed E-state index contributed by atoms with van der Waals surface area (Å²) in [6.45, 7) is 11.7. The summed E-state index contributed by atoms with van der Waals surface area (Å²) in [4.78, 5) is 0. The molecule has 1 unspecified atom stereocenters. The summed E-state index contributed by atoms with van der Waals surface area (Å²) in [6, 6.07) is 0. The van der Waals surface area contributed by atoms with Crippen LogP contribution < -0.4 is 5.32 Å². The Labute approximate surface area is 83.3 Å². The van der Waals surface area contributed by atoms with Crippen LogP contribution in [0.5, 0.6) is 0 Å². The third kappa shape index (κ3) is 3.30. The van der Waals surface area contributed by atoms with Crippen LogP contribution in [0.25, 0.3) is 0 Å². The largest absolute Gasteiger partial charge is 0.316 e. The highest BCUT2D eigenvalue weighted by Gasteiger charge is 2.40. The van der Waals surface area contributed by atoms with Gasteiger partial charge >= 0.3 is 0 Å². The lowest BCUT2D eigenvalue weighted by molar-refractivity contribution is 0.208. The minimum Gasteiger partial charge on any atom is -0.316 e. The van der Waals surface area contributed by atoms with Gasteiger partial charge in [-0.25, -0.2) is 0 Å². The fourth-order valence-corrected chi connectivity index (χ4v) is 2.51. The van der Waals surface area contributed by atoms with Crippen molar-refractivity contribution in [3.63, 3.8) is 0 Å². The molecule has 0 aromatic heterocycles.